The Hall–Kier alpha value is -3.12. The summed E-state index contributed by atoms with van der Waals surface area (Å²) in [5.41, 5.74) is 1.59. The molecule has 0 N–H and O–H groups in total. The van der Waals surface area contributed by atoms with E-state index in [1.165, 1.54) is 29.4 Å². The highest BCUT2D eigenvalue weighted by molar-refractivity contribution is 6.32. The van der Waals surface area contributed by atoms with Crippen molar-refractivity contribution in [1.82, 2.24) is 0 Å². The van der Waals surface area contributed by atoms with E-state index in [9.17, 15) is 14.9 Å². The largest absolute Gasteiger partial charge is 0.467 e. The summed E-state index contributed by atoms with van der Waals surface area (Å²) in [7, 11) is 0. The van der Waals surface area contributed by atoms with Crippen LogP contribution in [0.25, 0.3) is 0 Å². The van der Waals surface area contributed by atoms with E-state index in [1.54, 1.807) is 12.1 Å². The number of carbonyl (C=O) groups excluding carboxylic acids is 1. The van der Waals surface area contributed by atoms with E-state index in [-0.39, 0.29) is 28.7 Å². The lowest BCUT2D eigenvalue weighted by Gasteiger charge is -2.22. The third-order valence-corrected chi connectivity index (χ3v) is 4.19. The molecule has 0 unspecified atom stereocenters. The van der Waals surface area contributed by atoms with E-state index in [2.05, 4.69) is 0 Å². The lowest BCUT2D eigenvalue weighted by molar-refractivity contribution is -0.384. The Bertz CT molecular complexity index is 937. The van der Waals surface area contributed by atoms with Gasteiger partial charge in [-0.05, 0) is 43.3 Å². The second kappa shape index (κ2) is 7.41. The number of nitro groups is 1. The van der Waals surface area contributed by atoms with Crippen LogP contribution in [0.4, 0.5) is 11.4 Å². The highest BCUT2D eigenvalue weighted by atomic mass is 35.5. The smallest absolute Gasteiger partial charge is 0.288 e. The first-order valence-corrected chi connectivity index (χ1v) is 8.18. The number of benzene rings is 2. The van der Waals surface area contributed by atoms with E-state index in [0.717, 1.165) is 5.56 Å². The highest BCUT2D eigenvalue weighted by Gasteiger charge is 2.22. The van der Waals surface area contributed by atoms with Gasteiger partial charge in [0.15, 0.2) is 0 Å². The Kier molecular flexibility index (Phi) is 5.04. The number of rotatable bonds is 5. The van der Waals surface area contributed by atoms with Gasteiger partial charge >= 0.3 is 0 Å². The Labute approximate surface area is 154 Å². The van der Waals surface area contributed by atoms with E-state index < -0.39 is 4.92 Å². The molecule has 0 saturated heterocycles. The van der Waals surface area contributed by atoms with E-state index in [1.807, 2.05) is 31.2 Å². The lowest BCUT2D eigenvalue weighted by Crippen LogP contribution is -2.30. The molecule has 0 fully saturated rings. The summed E-state index contributed by atoms with van der Waals surface area (Å²) in [6.07, 6.45) is 1.53. The van der Waals surface area contributed by atoms with Crippen molar-refractivity contribution in [3.8, 4) is 0 Å². The zero-order valence-corrected chi connectivity index (χ0v) is 14.6. The number of nitro benzene ring substituents is 1. The van der Waals surface area contributed by atoms with Crippen molar-refractivity contribution in [3.05, 3.63) is 92.9 Å². The molecule has 1 aromatic heterocycles. The molecule has 0 atom stereocenters. The fourth-order valence-corrected chi connectivity index (χ4v) is 2.69. The molecular weight excluding hydrogens is 356 g/mol. The zero-order valence-electron chi connectivity index (χ0n) is 13.9. The number of amides is 1. The molecule has 2 aromatic carbocycles. The predicted molar refractivity (Wildman–Crippen MR) is 98.5 cm³/mol. The van der Waals surface area contributed by atoms with Crippen LogP contribution in [-0.2, 0) is 6.54 Å². The molecule has 0 aliphatic heterocycles. The molecule has 0 spiro atoms. The number of nitrogens with zero attached hydrogens (tertiary/aromatic N) is 2. The van der Waals surface area contributed by atoms with E-state index >= 15 is 0 Å². The van der Waals surface area contributed by atoms with Gasteiger partial charge in [0.25, 0.3) is 11.6 Å². The average Bonchev–Trinajstić information content (AvgIpc) is 3.13. The van der Waals surface area contributed by atoms with Crippen molar-refractivity contribution in [2.45, 2.75) is 13.5 Å². The fourth-order valence-electron chi connectivity index (χ4n) is 2.50. The van der Waals surface area contributed by atoms with Crippen LogP contribution in [-0.4, -0.2) is 10.8 Å². The summed E-state index contributed by atoms with van der Waals surface area (Å²) in [5.74, 6) is 0.215. The number of hydrogen-bond acceptors (Lipinski definition) is 4. The van der Waals surface area contributed by atoms with Crippen molar-refractivity contribution in [2.75, 3.05) is 4.90 Å². The SMILES string of the molecule is Cc1ccc(N(Cc2ccco2)C(=O)c2ccc(Cl)c([N+](=O)[O-])c2)cc1. The molecule has 0 saturated carbocycles. The van der Waals surface area contributed by atoms with Crippen LogP contribution in [0, 0.1) is 17.0 Å². The van der Waals surface area contributed by atoms with Gasteiger partial charge in [0.2, 0.25) is 0 Å². The minimum absolute atomic E-state index is 0.0144. The van der Waals surface area contributed by atoms with Crippen LogP contribution < -0.4 is 4.90 Å². The first-order valence-electron chi connectivity index (χ1n) is 7.80. The van der Waals surface area contributed by atoms with Crippen molar-refractivity contribution in [1.29, 1.82) is 0 Å². The number of halogens is 1. The number of hydrogen-bond donors (Lipinski definition) is 0. The van der Waals surface area contributed by atoms with Crippen molar-refractivity contribution in [2.24, 2.45) is 0 Å². The molecule has 0 aliphatic carbocycles. The Morgan fingerprint density at radius 1 is 1.19 bits per heavy atom. The lowest BCUT2D eigenvalue weighted by atomic mass is 10.1. The molecule has 1 heterocycles. The molecule has 26 heavy (non-hydrogen) atoms. The van der Waals surface area contributed by atoms with Crippen molar-refractivity contribution in [3.63, 3.8) is 0 Å². The summed E-state index contributed by atoms with van der Waals surface area (Å²) in [6.45, 7) is 2.15. The van der Waals surface area contributed by atoms with Crippen LogP contribution in [0.3, 0.4) is 0 Å². The molecule has 0 aliphatic rings. The van der Waals surface area contributed by atoms with Crippen molar-refractivity contribution < 1.29 is 14.1 Å². The Morgan fingerprint density at radius 3 is 2.54 bits per heavy atom. The normalized spacial score (nSPS) is 10.5. The second-order valence-corrected chi connectivity index (χ2v) is 6.14. The second-order valence-electron chi connectivity index (χ2n) is 5.73. The molecule has 6 nitrogen and oxygen atoms in total. The fraction of sp³-hybridized carbons (Fsp3) is 0.105. The summed E-state index contributed by atoms with van der Waals surface area (Å²) in [5, 5.41) is 11.1. The number of anilines is 1. The van der Waals surface area contributed by atoms with Crippen LogP contribution in [0.15, 0.2) is 65.3 Å². The van der Waals surface area contributed by atoms with Gasteiger partial charge in [0.05, 0.1) is 17.7 Å². The molecular formula is C19H15ClN2O4. The minimum Gasteiger partial charge on any atom is -0.467 e. The van der Waals surface area contributed by atoms with Crippen LogP contribution >= 0.6 is 11.6 Å². The quantitative estimate of drug-likeness (QED) is 0.468. The first kappa shape index (κ1) is 17.7. The van der Waals surface area contributed by atoms with Gasteiger partial charge in [-0.15, -0.1) is 0 Å². The van der Waals surface area contributed by atoms with Gasteiger partial charge in [0, 0.05) is 17.3 Å². The van der Waals surface area contributed by atoms with Gasteiger partial charge in [-0.25, -0.2) is 0 Å². The monoisotopic (exact) mass is 370 g/mol. The highest BCUT2D eigenvalue weighted by Crippen LogP contribution is 2.27. The Balaban J connectivity index is 2.00. The maximum atomic E-state index is 13.1. The average molecular weight is 371 g/mol. The van der Waals surface area contributed by atoms with Crippen molar-refractivity contribution >= 4 is 28.9 Å². The minimum atomic E-state index is -0.609. The van der Waals surface area contributed by atoms with Crippen LogP contribution in [0.5, 0.6) is 0 Å². The van der Waals surface area contributed by atoms with E-state index in [4.69, 9.17) is 16.0 Å². The number of aryl methyl sites for hydroxylation is 1. The Morgan fingerprint density at radius 2 is 1.92 bits per heavy atom. The molecule has 3 aromatic rings. The molecule has 0 bridgehead atoms. The first-order chi connectivity index (χ1) is 12.5. The van der Waals surface area contributed by atoms with Gasteiger partial charge in [0.1, 0.15) is 10.8 Å². The number of carbonyl (C=O) groups is 1. The molecule has 0 radical (unpaired) electrons. The predicted octanol–water partition coefficient (Wildman–Crippen LogP) is 5.00. The van der Waals surface area contributed by atoms with Gasteiger partial charge in [-0.1, -0.05) is 29.3 Å². The molecule has 132 valence electrons. The molecule has 3 rings (SSSR count). The van der Waals surface area contributed by atoms with Crippen LogP contribution in [0.1, 0.15) is 21.7 Å². The topological polar surface area (TPSA) is 76.6 Å². The molecule has 1 amide bonds. The van der Waals surface area contributed by atoms with Gasteiger partial charge in [-0.2, -0.15) is 0 Å². The summed E-state index contributed by atoms with van der Waals surface area (Å²) < 4.78 is 5.35. The van der Waals surface area contributed by atoms with Crippen LogP contribution in [0.2, 0.25) is 5.02 Å². The number of furan rings is 1. The zero-order chi connectivity index (χ0) is 18.7. The third kappa shape index (κ3) is 3.75. The third-order valence-electron chi connectivity index (χ3n) is 3.87. The van der Waals surface area contributed by atoms with E-state index in [0.29, 0.717) is 11.4 Å². The maximum absolute atomic E-state index is 13.1. The standard InChI is InChI=1S/C19H15ClN2O4/c1-13-4-7-15(8-5-13)21(12-16-3-2-10-26-16)19(23)14-6-9-17(20)18(11-14)22(24)25/h2-11H,12H2,1H3. The summed E-state index contributed by atoms with van der Waals surface area (Å²) in [6, 6.07) is 14.9. The van der Waals surface area contributed by atoms with Gasteiger partial charge < -0.3 is 9.32 Å². The molecule has 7 heteroatoms. The summed E-state index contributed by atoms with van der Waals surface area (Å²) in [4.78, 5) is 25.1. The van der Waals surface area contributed by atoms with Gasteiger partial charge in [-0.3, -0.25) is 14.9 Å². The maximum Gasteiger partial charge on any atom is 0.288 e. The summed E-state index contributed by atoms with van der Waals surface area (Å²) >= 11 is 5.84.